The van der Waals surface area contributed by atoms with Crippen molar-refractivity contribution in [3.63, 3.8) is 0 Å². The lowest BCUT2D eigenvalue weighted by Gasteiger charge is -2.03. The van der Waals surface area contributed by atoms with Crippen molar-refractivity contribution in [3.8, 4) is 22.4 Å². The molecule has 0 fully saturated rings. The summed E-state index contributed by atoms with van der Waals surface area (Å²) in [5.74, 6) is -4.82. The summed E-state index contributed by atoms with van der Waals surface area (Å²) >= 11 is 1.13. The molecule has 0 amide bonds. The third-order valence-electron chi connectivity index (χ3n) is 4.68. The molecule has 1 aromatic carbocycles. The maximum Gasteiger partial charge on any atom is 0.223 e. The quantitative estimate of drug-likeness (QED) is 0.0866. The van der Waals surface area contributed by atoms with Gasteiger partial charge in [0.05, 0.1) is 6.61 Å². The number of halogens is 3. The molecule has 178 valence electrons. The zero-order valence-corrected chi connectivity index (χ0v) is 18.7. The van der Waals surface area contributed by atoms with Crippen LogP contribution < -0.4 is 5.73 Å². The normalized spacial score (nSPS) is 12.5. The van der Waals surface area contributed by atoms with Gasteiger partial charge in [0.25, 0.3) is 0 Å². The molecule has 0 bridgehead atoms. The lowest BCUT2D eigenvalue weighted by molar-refractivity contribution is -0.480. The highest BCUT2D eigenvalue weighted by Gasteiger charge is 2.14. The smallest absolute Gasteiger partial charge is 0.223 e. The van der Waals surface area contributed by atoms with Gasteiger partial charge in [0, 0.05) is 64.0 Å². The summed E-state index contributed by atoms with van der Waals surface area (Å²) in [6.45, 7) is 0.119. The molecule has 0 aliphatic carbocycles. The van der Waals surface area contributed by atoms with Crippen LogP contribution in [-0.2, 0) is 10.6 Å². The predicted molar refractivity (Wildman–Crippen MR) is 124 cm³/mol. The first-order valence-corrected chi connectivity index (χ1v) is 10.9. The molecule has 0 spiro atoms. The lowest BCUT2D eigenvalue weighted by Crippen LogP contribution is -2.02. The van der Waals surface area contributed by atoms with Crippen molar-refractivity contribution in [1.29, 1.82) is 0 Å². The van der Waals surface area contributed by atoms with Crippen molar-refractivity contribution < 1.29 is 22.3 Å². The fourth-order valence-corrected chi connectivity index (χ4v) is 3.64. The predicted octanol–water partition coefficient (Wildman–Crippen LogP) is 5.90. The monoisotopic (exact) mass is 490 g/mol. The van der Waals surface area contributed by atoms with E-state index in [0.717, 1.165) is 45.4 Å². The molecule has 11 heteroatoms. The molecule has 0 aliphatic rings. The van der Waals surface area contributed by atoms with Crippen LogP contribution in [0.4, 0.5) is 13.2 Å². The summed E-state index contributed by atoms with van der Waals surface area (Å²) in [5.41, 5.74) is 8.42. The third-order valence-corrected chi connectivity index (χ3v) is 5.43. The number of aromatic amines is 1. The minimum absolute atomic E-state index is 0.0316. The van der Waals surface area contributed by atoms with Gasteiger partial charge >= 0.3 is 0 Å². The van der Waals surface area contributed by atoms with Gasteiger partial charge in [0.2, 0.25) is 18.3 Å². The number of benzene rings is 1. The Morgan fingerprint density at radius 3 is 2.50 bits per heavy atom. The molecule has 34 heavy (non-hydrogen) atoms. The molecular weight excluding hydrogens is 469 g/mol. The molecule has 0 aliphatic heterocycles. The number of nitrogens with one attached hydrogen (secondary N) is 1. The number of aromatic nitrogens is 2. The Labute approximate surface area is 197 Å². The maximum absolute atomic E-state index is 13.9. The second-order valence-corrected chi connectivity index (χ2v) is 7.94. The summed E-state index contributed by atoms with van der Waals surface area (Å²) in [4.78, 5) is 18.0. The standard InChI is InChI=1S/C23H21F3N4O3S/c24-19(22(25)23(26)27)6-7-20-18(15-8-10-28-11-9-15)14-21(29-20)16-2-4-17(5-3-16)34-33-13-1-12-30(31)32/h2-6,8-11,14,29H,1,7,12-13,27H2/b19-6+,23-22+. The van der Waals surface area contributed by atoms with Crippen LogP contribution >= 0.6 is 12.0 Å². The van der Waals surface area contributed by atoms with E-state index in [1.807, 2.05) is 30.3 Å². The first-order chi connectivity index (χ1) is 16.3. The number of nitro groups is 1. The topological polar surface area (TPSA) is 107 Å². The van der Waals surface area contributed by atoms with Gasteiger partial charge in [-0.3, -0.25) is 15.1 Å². The number of nitrogens with zero attached hydrogens (tertiary/aromatic N) is 2. The van der Waals surface area contributed by atoms with Gasteiger partial charge in [0.15, 0.2) is 5.83 Å². The molecule has 3 N–H and O–H groups in total. The van der Waals surface area contributed by atoms with Gasteiger partial charge in [-0.25, -0.2) is 4.39 Å². The number of nitrogens with two attached hydrogens (primary N) is 1. The van der Waals surface area contributed by atoms with Gasteiger partial charge in [-0.05, 0) is 47.5 Å². The van der Waals surface area contributed by atoms with Crippen LogP contribution in [0.5, 0.6) is 0 Å². The summed E-state index contributed by atoms with van der Waals surface area (Å²) in [6.07, 6.45) is 4.44. The lowest BCUT2D eigenvalue weighted by atomic mass is 10.0. The van der Waals surface area contributed by atoms with E-state index < -0.39 is 17.6 Å². The average molecular weight is 491 g/mol. The Balaban J connectivity index is 1.79. The average Bonchev–Trinajstić information content (AvgIpc) is 3.26. The second kappa shape index (κ2) is 12.1. The van der Waals surface area contributed by atoms with E-state index in [1.54, 1.807) is 24.5 Å². The molecule has 0 atom stereocenters. The van der Waals surface area contributed by atoms with Gasteiger partial charge < -0.3 is 14.9 Å². The van der Waals surface area contributed by atoms with E-state index in [-0.39, 0.29) is 24.5 Å². The molecule has 0 radical (unpaired) electrons. The number of H-pyrrole nitrogens is 1. The van der Waals surface area contributed by atoms with Crippen molar-refractivity contribution in [3.05, 3.63) is 94.3 Å². The largest absolute Gasteiger partial charge is 0.373 e. The fourth-order valence-electron chi connectivity index (χ4n) is 3.05. The van der Waals surface area contributed by atoms with Crippen LogP contribution in [0, 0.1) is 10.1 Å². The molecule has 0 saturated heterocycles. The molecule has 3 rings (SSSR count). The highest BCUT2D eigenvalue weighted by atomic mass is 32.2. The van der Waals surface area contributed by atoms with E-state index >= 15 is 0 Å². The molecule has 2 heterocycles. The van der Waals surface area contributed by atoms with Crippen LogP contribution in [0.15, 0.2) is 83.4 Å². The summed E-state index contributed by atoms with van der Waals surface area (Å²) in [7, 11) is 0. The highest BCUT2D eigenvalue weighted by Crippen LogP contribution is 2.32. The molecular formula is C23H21F3N4O3S. The SMILES string of the molecule is N/C(F)=C(F)\C(F)=C/Cc1[nH]c(-c2ccc(SOCCC[N+](=O)[O-])cc2)cc1-c1ccncc1. The number of hydrogen-bond donors (Lipinski definition) is 2. The molecule has 0 unspecified atom stereocenters. The molecule has 3 aromatic rings. The zero-order valence-electron chi connectivity index (χ0n) is 17.8. The fraction of sp³-hybridized carbons (Fsp3) is 0.174. The van der Waals surface area contributed by atoms with E-state index in [9.17, 15) is 23.3 Å². The summed E-state index contributed by atoms with van der Waals surface area (Å²) in [6, 6.07) is 12.8. The van der Waals surface area contributed by atoms with E-state index in [2.05, 4.69) is 15.7 Å². The maximum atomic E-state index is 13.9. The number of pyridine rings is 1. The first-order valence-electron chi connectivity index (χ1n) is 10.2. The van der Waals surface area contributed by atoms with Crippen LogP contribution in [0.3, 0.4) is 0 Å². The van der Waals surface area contributed by atoms with Crippen LogP contribution in [0.1, 0.15) is 12.1 Å². The highest BCUT2D eigenvalue weighted by molar-refractivity contribution is 7.94. The first kappa shape index (κ1) is 25.1. The third kappa shape index (κ3) is 6.96. The number of rotatable bonds is 11. The van der Waals surface area contributed by atoms with Crippen molar-refractivity contribution >= 4 is 12.0 Å². The van der Waals surface area contributed by atoms with Crippen LogP contribution in [0.2, 0.25) is 0 Å². The molecule has 7 nitrogen and oxygen atoms in total. The minimum Gasteiger partial charge on any atom is -0.373 e. The van der Waals surface area contributed by atoms with E-state index in [0.29, 0.717) is 12.1 Å². The Morgan fingerprint density at radius 2 is 1.85 bits per heavy atom. The van der Waals surface area contributed by atoms with Gasteiger partial charge in [-0.1, -0.05) is 12.1 Å². The minimum atomic E-state index is -1.73. The molecule has 0 saturated carbocycles. The van der Waals surface area contributed by atoms with Crippen molar-refractivity contribution in [1.82, 2.24) is 9.97 Å². The van der Waals surface area contributed by atoms with Gasteiger partial charge in [-0.15, -0.1) is 0 Å². The number of allylic oxidation sites excluding steroid dienone is 3. The van der Waals surface area contributed by atoms with Crippen molar-refractivity contribution in [2.75, 3.05) is 13.2 Å². The van der Waals surface area contributed by atoms with Gasteiger partial charge in [-0.2, -0.15) is 8.78 Å². The number of hydrogen-bond acceptors (Lipinski definition) is 6. The van der Waals surface area contributed by atoms with Crippen molar-refractivity contribution in [2.45, 2.75) is 17.7 Å². The second-order valence-electron chi connectivity index (χ2n) is 7.07. The van der Waals surface area contributed by atoms with E-state index in [1.165, 1.54) is 0 Å². The Kier molecular flexibility index (Phi) is 8.88. The molecule has 2 aromatic heterocycles. The summed E-state index contributed by atoms with van der Waals surface area (Å²) < 4.78 is 45.4. The van der Waals surface area contributed by atoms with Gasteiger partial charge in [0.1, 0.15) is 0 Å². The van der Waals surface area contributed by atoms with Crippen LogP contribution in [-0.4, -0.2) is 28.0 Å². The Bertz CT molecular complexity index is 1180. The van der Waals surface area contributed by atoms with Crippen LogP contribution in [0.25, 0.3) is 22.4 Å². The zero-order chi connectivity index (χ0) is 24.5. The summed E-state index contributed by atoms with van der Waals surface area (Å²) in [5, 5.41) is 10.3. The van der Waals surface area contributed by atoms with Crippen molar-refractivity contribution in [2.24, 2.45) is 5.73 Å². The van der Waals surface area contributed by atoms with E-state index in [4.69, 9.17) is 4.18 Å². The Morgan fingerprint density at radius 1 is 1.15 bits per heavy atom. The Hall–Kier alpha value is -3.57.